The predicted molar refractivity (Wildman–Crippen MR) is 112 cm³/mol. The molecule has 0 aliphatic carbocycles. The Balaban J connectivity index is 1.79. The number of pyridine rings is 1. The topological polar surface area (TPSA) is 59.5 Å². The number of carbonyl (C=O) groups excluding carboxylic acids is 2. The fourth-order valence-corrected chi connectivity index (χ4v) is 3.92. The van der Waals surface area contributed by atoms with E-state index in [0.717, 1.165) is 35.0 Å². The number of esters is 1. The standard InChI is InChI=1S/C24H24N2O3/c1-2-29-24(28)22-14-8-9-15-26(22)23(27)19-16-21(17-10-4-3-5-11-17)25-20-13-7-6-12-18(19)20/h3-7,10-13,16,22H,2,8-9,14-15H2,1H3. The minimum absolute atomic E-state index is 0.140. The molecule has 1 aliphatic rings. The van der Waals surface area contributed by atoms with Crippen molar-refractivity contribution in [3.63, 3.8) is 0 Å². The van der Waals surface area contributed by atoms with Crippen molar-refractivity contribution in [2.24, 2.45) is 0 Å². The SMILES string of the molecule is CCOC(=O)C1CCCCN1C(=O)c1cc(-c2ccccc2)nc2ccccc12. The smallest absolute Gasteiger partial charge is 0.328 e. The molecule has 3 aromatic rings. The highest BCUT2D eigenvalue weighted by molar-refractivity contribution is 6.08. The van der Waals surface area contributed by atoms with Gasteiger partial charge >= 0.3 is 5.97 Å². The highest BCUT2D eigenvalue weighted by Crippen LogP contribution is 2.28. The number of ether oxygens (including phenoxy) is 1. The molecule has 2 heterocycles. The van der Waals surface area contributed by atoms with Crippen LogP contribution in [0.25, 0.3) is 22.2 Å². The van der Waals surface area contributed by atoms with Crippen LogP contribution in [0, 0.1) is 0 Å². The molecule has 2 aromatic carbocycles. The van der Waals surface area contributed by atoms with E-state index in [-0.39, 0.29) is 11.9 Å². The maximum atomic E-state index is 13.6. The van der Waals surface area contributed by atoms with E-state index in [4.69, 9.17) is 9.72 Å². The number of aromatic nitrogens is 1. The number of likely N-dealkylation sites (tertiary alicyclic amines) is 1. The molecular weight excluding hydrogens is 364 g/mol. The van der Waals surface area contributed by atoms with Crippen LogP contribution in [0.2, 0.25) is 0 Å². The summed E-state index contributed by atoms with van der Waals surface area (Å²) in [5, 5.41) is 0.797. The molecular formula is C24H24N2O3. The number of hydrogen-bond donors (Lipinski definition) is 0. The number of carbonyl (C=O) groups is 2. The van der Waals surface area contributed by atoms with Gasteiger partial charge in [0.1, 0.15) is 6.04 Å². The van der Waals surface area contributed by atoms with E-state index in [2.05, 4.69) is 0 Å². The van der Waals surface area contributed by atoms with Gasteiger partial charge in [0.25, 0.3) is 5.91 Å². The predicted octanol–water partition coefficient (Wildman–Crippen LogP) is 4.46. The van der Waals surface area contributed by atoms with Crippen molar-refractivity contribution in [2.75, 3.05) is 13.2 Å². The summed E-state index contributed by atoms with van der Waals surface area (Å²) in [7, 11) is 0. The summed E-state index contributed by atoms with van der Waals surface area (Å²) in [4.78, 5) is 32.5. The van der Waals surface area contributed by atoms with E-state index in [1.54, 1.807) is 11.8 Å². The van der Waals surface area contributed by atoms with Crippen molar-refractivity contribution >= 4 is 22.8 Å². The summed E-state index contributed by atoms with van der Waals surface area (Å²) in [6.45, 7) is 2.66. The maximum Gasteiger partial charge on any atom is 0.328 e. The van der Waals surface area contributed by atoms with Gasteiger partial charge in [-0.2, -0.15) is 0 Å². The minimum Gasteiger partial charge on any atom is -0.464 e. The number of benzene rings is 2. The van der Waals surface area contributed by atoms with E-state index in [0.29, 0.717) is 25.1 Å². The summed E-state index contributed by atoms with van der Waals surface area (Å²) in [6, 6.07) is 18.8. The zero-order chi connectivity index (χ0) is 20.2. The van der Waals surface area contributed by atoms with Crippen molar-refractivity contribution in [3.05, 3.63) is 66.2 Å². The van der Waals surface area contributed by atoms with Crippen LogP contribution in [-0.4, -0.2) is 41.0 Å². The van der Waals surface area contributed by atoms with Crippen molar-refractivity contribution < 1.29 is 14.3 Å². The zero-order valence-electron chi connectivity index (χ0n) is 16.5. The molecule has 0 spiro atoms. The number of para-hydroxylation sites is 1. The van der Waals surface area contributed by atoms with Gasteiger partial charge in [-0.25, -0.2) is 9.78 Å². The fraction of sp³-hybridized carbons (Fsp3) is 0.292. The van der Waals surface area contributed by atoms with Gasteiger partial charge < -0.3 is 9.64 Å². The number of nitrogens with zero attached hydrogens (tertiary/aromatic N) is 2. The average molecular weight is 388 g/mol. The number of hydrogen-bond acceptors (Lipinski definition) is 4. The second-order valence-electron chi connectivity index (χ2n) is 7.20. The molecule has 1 aromatic heterocycles. The van der Waals surface area contributed by atoms with E-state index in [9.17, 15) is 9.59 Å². The lowest BCUT2D eigenvalue weighted by Crippen LogP contribution is -2.48. The molecule has 1 unspecified atom stereocenters. The number of amides is 1. The molecule has 0 radical (unpaired) electrons. The molecule has 0 bridgehead atoms. The Morgan fingerprint density at radius 1 is 1.07 bits per heavy atom. The quantitative estimate of drug-likeness (QED) is 0.619. The molecule has 1 atom stereocenters. The van der Waals surface area contributed by atoms with Gasteiger partial charge in [-0.3, -0.25) is 4.79 Å². The van der Waals surface area contributed by atoms with Gasteiger partial charge in [0.05, 0.1) is 23.4 Å². The van der Waals surface area contributed by atoms with Crippen LogP contribution in [0.5, 0.6) is 0 Å². The molecule has 148 valence electrons. The Kier molecular flexibility index (Phi) is 5.56. The maximum absolute atomic E-state index is 13.6. The third-order valence-corrected chi connectivity index (χ3v) is 5.34. The first-order valence-corrected chi connectivity index (χ1v) is 10.1. The first-order valence-electron chi connectivity index (χ1n) is 10.1. The number of fused-ring (bicyclic) bond motifs is 1. The van der Waals surface area contributed by atoms with Crippen LogP contribution in [0.1, 0.15) is 36.5 Å². The third kappa shape index (κ3) is 3.86. The first kappa shape index (κ1) is 19.1. The van der Waals surface area contributed by atoms with Gasteiger partial charge in [-0.05, 0) is 38.3 Å². The Morgan fingerprint density at radius 3 is 2.62 bits per heavy atom. The minimum atomic E-state index is -0.525. The van der Waals surface area contributed by atoms with Crippen molar-refractivity contribution in [2.45, 2.75) is 32.2 Å². The van der Waals surface area contributed by atoms with Crippen LogP contribution in [0.4, 0.5) is 0 Å². The lowest BCUT2D eigenvalue weighted by Gasteiger charge is -2.34. The van der Waals surface area contributed by atoms with Gasteiger partial charge in [0, 0.05) is 17.5 Å². The van der Waals surface area contributed by atoms with Crippen LogP contribution >= 0.6 is 0 Å². The number of piperidine rings is 1. The molecule has 1 fully saturated rings. The van der Waals surface area contributed by atoms with E-state index in [1.165, 1.54) is 0 Å². The highest BCUT2D eigenvalue weighted by Gasteiger charge is 2.34. The van der Waals surface area contributed by atoms with Crippen molar-refractivity contribution in [1.29, 1.82) is 0 Å². The third-order valence-electron chi connectivity index (χ3n) is 5.34. The summed E-state index contributed by atoms with van der Waals surface area (Å²) in [5.41, 5.74) is 3.04. The van der Waals surface area contributed by atoms with Gasteiger partial charge in [0.2, 0.25) is 0 Å². The Morgan fingerprint density at radius 2 is 1.83 bits per heavy atom. The fourth-order valence-electron chi connectivity index (χ4n) is 3.92. The Bertz CT molecular complexity index is 1030. The first-order chi connectivity index (χ1) is 14.2. The largest absolute Gasteiger partial charge is 0.464 e. The molecule has 1 amide bonds. The molecule has 1 aliphatic heterocycles. The zero-order valence-corrected chi connectivity index (χ0v) is 16.5. The molecule has 4 rings (SSSR count). The van der Waals surface area contributed by atoms with E-state index >= 15 is 0 Å². The monoisotopic (exact) mass is 388 g/mol. The van der Waals surface area contributed by atoms with Gasteiger partial charge in [-0.1, -0.05) is 48.5 Å². The summed E-state index contributed by atoms with van der Waals surface area (Å²) < 4.78 is 5.23. The van der Waals surface area contributed by atoms with Crippen molar-refractivity contribution in [3.8, 4) is 11.3 Å². The molecule has 5 heteroatoms. The summed E-state index contributed by atoms with van der Waals surface area (Å²) >= 11 is 0. The lowest BCUT2D eigenvalue weighted by molar-refractivity contribution is -0.149. The molecule has 0 N–H and O–H groups in total. The normalized spacial score (nSPS) is 16.6. The molecule has 29 heavy (non-hydrogen) atoms. The summed E-state index contributed by atoms with van der Waals surface area (Å²) in [6.07, 6.45) is 2.44. The molecule has 5 nitrogen and oxygen atoms in total. The van der Waals surface area contributed by atoms with E-state index in [1.807, 2.05) is 60.7 Å². The van der Waals surface area contributed by atoms with Crippen molar-refractivity contribution in [1.82, 2.24) is 9.88 Å². The van der Waals surface area contributed by atoms with Crippen LogP contribution < -0.4 is 0 Å². The molecule has 1 saturated heterocycles. The van der Waals surface area contributed by atoms with Crippen LogP contribution in [-0.2, 0) is 9.53 Å². The van der Waals surface area contributed by atoms with Gasteiger partial charge in [0.15, 0.2) is 0 Å². The molecule has 0 saturated carbocycles. The van der Waals surface area contributed by atoms with Crippen LogP contribution in [0.3, 0.4) is 0 Å². The lowest BCUT2D eigenvalue weighted by atomic mass is 9.98. The second kappa shape index (κ2) is 8.43. The van der Waals surface area contributed by atoms with E-state index < -0.39 is 6.04 Å². The van der Waals surface area contributed by atoms with Crippen LogP contribution in [0.15, 0.2) is 60.7 Å². The second-order valence-corrected chi connectivity index (χ2v) is 7.20. The highest BCUT2D eigenvalue weighted by atomic mass is 16.5. The Hall–Kier alpha value is -3.21. The Labute approximate surface area is 170 Å². The van der Waals surface area contributed by atoms with Gasteiger partial charge in [-0.15, -0.1) is 0 Å². The number of rotatable bonds is 4. The summed E-state index contributed by atoms with van der Waals surface area (Å²) in [5.74, 6) is -0.458. The average Bonchev–Trinajstić information content (AvgIpc) is 2.78.